The number of carbonyl (C=O) groups is 1. The molecular weight excluding hydrogens is 322 g/mol. The Morgan fingerprint density at radius 3 is 2.35 bits per heavy atom. The SMILES string of the molecule is Cc1cccc(C(=O)c2c(-c3ccccc3)[nH]c3ccccc3c2=O)c1. The van der Waals surface area contributed by atoms with Crippen LogP contribution in [0.2, 0.25) is 0 Å². The van der Waals surface area contributed by atoms with Crippen LogP contribution in [-0.4, -0.2) is 10.8 Å². The number of aryl methyl sites for hydroxylation is 1. The molecule has 0 spiro atoms. The third kappa shape index (κ3) is 2.74. The number of hydrogen-bond donors (Lipinski definition) is 1. The van der Waals surface area contributed by atoms with E-state index in [-0.39, 0.29) is 16.8 Å². The number of H-pyrrole nitrogens is 1. The molecule has 26 heavy (non-hydrogen) atoms. The molecule has 1 heterocycles. The van der Waals surface area contributed by atoms with E-state index in [0.29, 0.717) is 16.6 Å². The molecule has 0 saturated heterocycles. The second-order valence-corrected chi connectivity index (χ2v) is 6.31. The Hall–Kier alpha value is -3.46. The number of ketones is 1. The van der Waals surface area contributed by atoms with E-state index in [0.717, 1.165) is 16.6 Å². The Bertz CT molecular complexity index is 1170. The minimum atomic E-state index is -0.264. The van der Waals surface area contributed by atoms with Crippen molar-refractivity contribution >= 4 is 16.7 Å². The molecule has 126 valence electrons. The zero-order valence-electron chi connectivity index (χ0n) is 14.3. The van der Waals surface area contributed by atoms with Gasteiger partial charge in [0.2, 0.25) is 5.43 Å². The average Bonchev–Trinajstić information content (AvgIpc) is 2.68. The highest BCUT2D eigenvalue weighted by Crippen LogP contribution is 2.24. The van der Waals surface area contributed by atoms with Crippen LogP contribution < -0.4 is 5.43 Å². The number of pyridine rings is 1. The third-order valence-corrected chi connectivity index (χ3v) is 4.48. The van der Waals surface area contributed by atoms with Crippen LogP contribution in [0.3, 0.4) is 0 Å². The summed E-state index contributed by atoms with van der Waals surface area (Å²) in [7, 11) is 0. The van der Waals surface area contributed by atoms with Gasteiger partial charge >= 0.3 is 0 Å². The fourth-order valence-electron chi connectivity index (χ4n) is 3.20. The Balaban J connectivity index is 2.05. The zero-order valence-corrected chi connectivity index (χ0v) is 14.3. The number of nitrogens with one attached hydrogen (secondary N) is 1. The highest BCUT2D eigenvalue weighted by molar-refractivity contribution is 6.13. The van der Waals surface area contributed by atoms with Crippen LogP contribution in [0.4, 0.5) is 0 Å². The topological polar surface area (TPSA) is 49.9 Å². The third-order valence-electron chi connectivity index (χ3n) is 4.48. The highest BCUT2D eigenvalue weighted by Gasteiger charge is 2.21. The summed E-state index contributed by atoms with van der Waals surface area (Å²) in [6.07, 6.45) is 0. The van der Waals surface area contributed by atoms with E-state index in [1.807, 2.05) is 67.6 Å². The van der Waals surface area contributed by atoms with Crippen molar-refractivity contribution in [3.63, 3.8) is 0 Å². The predicted molar refractivity (Wildman–Crippen MR) is 105 cm³/mol. The van der Waals surface area contributed by atoms with Crippen LogP contribution in [0.5, 0.6) is 0 Å². The van der Waals surface area contributed by atoms with Crippen LogP contribution in [0.15, 0.2) is 83.7 Å². The average molecular weight is 339 g/mol. The molecular formula is C23H17NO2. The van der Waals surface area contributed by atoms with Crippen molar-refractivity contribution in [2.45, 2.75) is 6.92 Å². The van der Waals surface area contributed by atoms with Gasteiger partial charge in [-0.25, -0.2) is 0 Å². The summed E-state index contributed by atoms with van der Waals surface area (Å²) in [4.78, 5) is 29.7. The van der Waals surface area contributed by atoms with Gasteiger partial charge in [-0.05, 0) is 30.7 Å². The van der Waals surface area contributed by atoms with E-state index in [1.165, 1.54) is 0 Å². The molecule has 0 unspecified atom stereocenters. The first-order valence-electron chi connectivity index (χ1n) is 8.47. The Morgan fingerprint density at radius 1 is 0.846 bits per heavy atom. The van der Waals surface area contributed by atoms with Gasteiger partial charge in [-0.2, -0.15) is 0 Å². The smallest absolute Gasteiger partial charge is 0.201 e. The Morgan fingerprint density at radius 2 is 1.58 bits per heavy atom. The minimum absolute atomic E-state index is 0.181. The molecule has 0 aliphatic carbocycles. The van der Waals surface area contributed by atoms with E-state index >= 15 is 0 Å². The lowest BCUT2D eigenvalue weighted by Crippen LogP contribution is -2.19. The minimum Gasteiger partial charge on any atom is -0.354 e. The first kappa shape index (κ1) is 16.0. The summed E-state index contributed by atoms with van der Waals surface area (Å²) in [5.74, 6) is -0.264. The quantitative estimate of drug-likeness (QED) is 0.548. The van der Waals surface area contributed by atoms with E-state index in [2.05, 4.69) is 4.98 Å². The summed E-state index contributed by atoms with van der Waals surface area (Å²) in [5, 5.41) is 0.517. The zero-order chi connectivity index (χ0) is 18.1. The van der Waals surface area contributed by atoms with Gasteiger partial charge in [0, 0.05) is 16.5 Å². The number of rotatable bonds is 3. The molecule has 0 amide bonds. The van der Waals surface area contributed by atoms with E-state index in [9.17, 15) is 9.59 Å². The summed E-state index contributed by atoms with van der Waals surface area (Å²) >= 11 is 0. The van der Waals surface area contributed by atoms with Gasteiger partial charge in [0.05, 0.1) is 11.3 Å². The molecule has 1 aromatic heterocycles. The molecule has 0 atom stereocenters. The van der Waals surface area contributed by atoms with Gasteiger partial charge in [-0.1, -0.05) is 66.2 Å². The predicted octanol–water partition coefficient (Wildman–Crippen LogP) is 4.73. The van der Waals surface area contributed by atoms with E-state index in [4.69, 9.17) is 0 Å². The van der Waals surface area contributed by atoms with Gasteiger partial charge in [0.25, 0.3) is 0 Å². The summed E-state index contributed by atoms with van der Waals surface area (Å²) in [5.41, 5.74) is 3.52. The van der Waals surface area contributed by atoms with Gasteiger partial charge in [-0.3, -0.25) is 9.59 Å². The molecule has 3 nitrogen and oxygen atoms in total. The van der Waals surface area contributed by atoms with Crippen LogP contribution in [0, 0.1) is 6.92 Å². The van der Waals surface area contributed by atoms with Crippen LogP contribution >= 0.6 is 0 Å². The molecule has 1 N–H and O–H groups in total. The Labute approximate surface area is 150 Å². The summed E-state index contributed by atoms with van der Waals surface area (Å²) in [6, 6.07) is 24.1. The molecule has 3 aromatic carbocycles. The van der Waals surface area contributed by atoms with Gasteiger partial charge < -0.3 is 4.98 Å². The maximum atomic E-state index is 13.2. The fraction of sp³-hybridized carbons (Fsp3) is 0.0435. The van der Waals surface area contributed by atoms with E-state index < -0.39 is 0 Å². The largest absolute Gasteiger partial charge is 0.354 e. The lowest BCUT2D eigenvalue weighted by molar-refractivity contribution is 0.103. The standard InChI is InChI=1S/C23H17NO2/c1-15-8-7-11-17(14-15)22(25)20-21(16-9-3-2-4-10-16)24-19-13-6-5-12-18(19)23(20)26/h2-14H,1H3,(H,24,26). The molecule has 4 rings (SSSR count). The first-order valence-corrected chi connectivity index (χ1v) is 8.47. The molecule has 0 aliphatic rings. The van der Waals surface area contributed by atoms with Crippen LogP contribution in [0.25, 0.3) is 22.2 Å². The molecule has 0 aliphatic heterocycles. The fourth-order valence-corrected chi connectivity index (χ4v) is 3.20. The number of hydrogen-bond acceptors (Lipinski definition) is 2. The van der Waals surface area contributed by atoms with Gasteiger partial charge in [0.1, 0.15) is 0 Å². The van der Waals surface area contributed by atoms with Crippen molar-refractivity contribution < 1.29 is 4.79 Å². The lowest BCUT2D eigenvalue weighted by Gasteiger charge is -2.11. The van der Waals surface area contributed by atoms with Gasteiger partial charge in [0.15, 0.2) is 5.78 Å². The van der Waals surface area contributed by atoms with Crippen molar-refractivity contribution in [1.82, 2.24) is 4.98 Å². The number of benzene rings is 3. The van der Waals surface area contributed by atoms with Crippen molar-refractivity contribution in [1.29, 1.82) is 0 Å². The summed E-state index contributed by atoms with van der Waals surface area (Å²) in [6.45, 7) is 1.93. The molecule has 0 saturated carbocycles. The molecule has 0 bridgehead atoms. The van der Waals surface area contributed by atoms with Crippen molar-refractivity contribution in [2.75, 3.05) is 0 Å². The maximum Gasteiger partial charge on any atom is 0.201 e. The van der Waals surface area contributed by atoms with Crippen LogP contribution in [-0.2, 0) is 0 Å². The van der Waals surface area contributed by atoms with Crippen molar-refractivity contribution in [3.05, 3.63) is 106 Å². The van der Waals surface area contributed by atoms with Crippen molar-refractivity contribution in [2.24, 2.45) is 0 Å². The van der Waals surface area contributed by atoms with E-state index in [1.54, 1.807) is 18.2 Å². The molecule has 0 radical (unpaired) electrons. The number of carbonyl (C=O) groups excluding carboxylic acids is 1. The highest BCUT2D eigenvalue weighted by atomic mass is 16.1. The molecule has 0 fully saturated rings. The molecule has 4 aromatic rings. The molecule has 3 heteroatoms. The lowest BCUT2D eigenvalue weighted by atomic mass is 9.95. The van der Waals surface area contributed by atoms with Gasteiger partial charge in [-0.15, -0.1) is 0 Å². The normalized spacial score (nSPS) is 10.8. The Kier molecular flexibility index (Phi) is 3.98. The second-order valence-electron chi connectivity index (χ2n) is 6.31. The first-order chi connectivity index (χ1) is 12.6. The number of aromatic nitrogens is 1. The second kappa shape index (κ2) is 6.45. The maximum absolute atomic E-state index is 13.2. The number of fused-ring (bicyclic) bond motifs is 1. The van der Waals surface area contributed by atoms with Crippen molar-refractivity contribution in [3.8, 4) is 11.3 Å². The monoisotopic (exact) mass is 339 g/mol. The summed E-state index contributed by atoms with van der Waals surface area (Å²) < 4.78 is 0. The van der Waals surface area contributed by atoms with Crippen LogP contribution in [0.1, 0.15) is 21.5 Å². The number of para-hydroxylation sites is 1. The number of aromatic amines is 1.